The molecule has 2 heterocycles. The van der Waals surface area contributed by atoms with E-state index in [9.17, 15) is 4.79 Å². The first kappa shape index (κ1) is 16.4. The van der Waals surface area contributed by atoms with Gasteiger partial charge < -0.3 is 14.4 Å². The maximum atomic E-state index is 12.8. The number of carbonyl (C=O) groups excluding carboxylic acids is 1. The van der Waals surface area contributed by atoms with Gasteiger partial charge in [-0.05, 0) is 30.2 Å². The molecule has 1 aromatic heterocycles. The van der Waals surface area contributed by atoms with Gasteiger partial charge in [0.25, 0.3) is 5.91 Å². The molecule has 0 bridgehead atoms. The third-order valence-corrected chi connectivity index (χ3v) is 4.07. The van der Waals surface area contributed by atoms with Crippen LogP contribution in [0, 0.1) is 0 Å². The molecule has 0 aliphatic carbocycles. The molecule has 1 fully saturated rings. The van der Waals surface area contributed by atoms with Gasteiger partial charge in [-0.1, -0.05) is 19.1 Å². The molecule has 2 aromatic rings. The lowest BCUT2D eigenvalue weighted by molar-refractivity contribution is 0.0298. The molecule has 0 radical (unpaired) electrons. The van der Waals surface area contributed by atoms with Gasteiger partial charge in [0.15, 0.2) is 5.69 Å². The first-order valence-corrected chi connectivity index (χ1v) is 8.09. The zero-order chi connectivity index (χ0) is 17.1. The molecule has 7 nitrogen and oxygen atoms in total. The Morgan fingerprint density at radius 2 is 1.88 bits per heavy atom. The van der Waals surface area contributed by atoms with E-state index in [1.165, 1.54) is 0 Å². The number of ether oxygens (including phenoxy) is 2. The number of rotatable bonds is 4. The van der Waals surface area contributed by atoms with Crippen LogP contribution in [-0.2, 0) is 4.74 Å². The van der Waals surface area contributed by atoms with Crippen molar-refractivity contribution in [1.29, 1.82) is 0 Å². The summed E-state index contributed by atoms with van der Waals surface area (Å²) < 4.78 is 12.2. The van der Waals surface area contributed by atoms with Gasteiger partial charge in [0.1, 0.15) is 5.75 Å². The Bertz CT molecular complexity index is 703. The molecule has 0 unspecified atom stereocenters. The highest BCUT2D eigenvalue weighted by molar-refractivity contribution is 5.93. The highest BCUT2D eigenvalue weighted by Gasteiger charge is 2.27. The minimum atomic E-state index is -0.0817. The average Bonchev–Trinajstić information content (AvgIpc) is 3.07. The Labute approximate surface area is 141 Å². The van der Waals surface area contributed by atoms with E-state index < -0.39 is 0 Å². The number of carbonyl (C=O) groups is 1. The summed E-state index contributed by atoms with van der Waals surface area (Å²) in [6.07, 6.45) is 0. The first-order valence-electron chi connectivity index (χ1n) is 8.09. The van der Waals surface area contributed by atoms with Crippen LogP contribution in [0.4, 0.5) is 0 Å². The van der Waals surface area contributed by atoms with Crippen LogP contribution in [0.15, 0.2) is 24.3 Å². The number of amides is 1. The minimum absolute atomic E-state index is 0.0817. The van der Waals surface area contributed by atoms with Gasteiger partial charge in [0, 0.05) is 13.1 Å². The lowest BCUT2D eigenvalue weighted by Crippen LogP contribution is -2.41. The molecule has 1 aliphatic rings. The minimum Gasteiger partial charge on any atom is -0.497 e. The zero-order valence-corrected chi connectivity index (χ0v) is 14.2. The molecular weight excluding hydrogens is 308 g/mol. The van der Waals surface area contributed by atoms with E-state index in [1.807, 2.05) is 38.1 Å². The van der Waals surface area contributed by atoms with Crippen LogP contribution in [0.25, 0.3) is 5.69 Å². The van der Waals surface area contributed by atoms with Gasteiger partial charge in [0.05, 0.1) is 31.7 Å². The van der Waals surface area contributed by atoms with E-state index in [4.69, 9.17) is 9.47 Å². The zero-order valence-electron chi connectivity index (χ0n) is 14.2. The number of morpholine rings is 1. The van der Waals surface area contributed by atoms with E-state index in [1.54, 1.807) is 16.7 Å². The number of nitrogens with zero attached hydrogens (tertiary/aromatic N) is 4. The van der Waals surface area contributed by atoms with E-state index >= 15 is 0 Å². The Balaban J connectivity index is 1.96. The Morgan fingerprint density at radius 3 is 2.46 bits per heavy atom. The fourth-order valence-corrected chi connectivity index (χ4v) is 2.79. The molecule has 0 spiro atoms. The number of aromatic nitrogens is 3. The molecule has 1 saturated heterocycles. The second-order valence-corrected chi connectivity index (χ2v) is 5.99. The number of hydrogen-bond donors (Lipinski definition) is 0. The molecule has 1 amide bonds. The summed E-state index contributed by atoms with van der Waals surface area (Å²) in [4.78, 5) is 14.6. The van der Waals surface area contributed by atoms with Crippen molar-refractivity contribution in [1.82, 2.24) is 19.9 Å². The van der Waals surface area contributed by atoms with Crippen LogP contribution in [-0.4, -0.2) is 59.2 Å². The van der Waals surface area contributed by atoms with Crippen LogP contribution in [0.1, 0.15) is 35.9 Å². The summed E-state index contributed by atoms with van der Waals surface area (Å²) >= 11 is 0. The van der Waals surface area contributed by atoms with Gasteiger partial charge in [-0.15, -0.1) is 5.10 Å². The normalized spacial score (nSPS) is 14.9. The molecule has 3 rings (SSSR count). The number of benzene rings is 1. The van der Waals surface area contributed by atoms with Crippen LogP contribution >= 0.6 is 0 Å². The van der Waals surface area contributed by atoms with Gasteiger partial charge >= 0.3 is 0 Å². The van der Waals surface area contributed by atoms with E-state index in [0.29, 0.717) is 32.0 Å². The summed E-state index contributed by atoms with van der Waals surface area (Å²) in [5, 5.41) is 8.41. The lowest BCUT2D eigenvalue weighted by atomic mass is 10.1. The first-order chi connectivity index (χ1) is 11.6. The topological polar surface area (TPSA) is 69.5 Å². The quantitative estimate of drug-likeness (QED) is 0.856. The maximum absolute atomic E-state index is 12.8. The van der Waals surface area contributed by atoms with Crippen molar-refractivity contribution in [2.45, 2.75) is 19.8 Å². The summed E-state index contributed by atoms with van der Waals surface area (Å²) in [7, 11) is 1.63. The predicted octanol–water partition coefficient (Wildman–Crippen LogP) is 1.87. The molecule has 0 N–H and O–H groups in total. The average molecular weight is 330 g/mol. The van der Waals surface area contributed by atoms with Crippen LogP contribution in [0.5, 0.6) is 5.75 Å². The van der Waals surface area contributed by atoms with Crippen molar-refractivity contribution in [2.75, 3.05) is 33.4 Å². The lowest BCUT2D eigenvalue weighted by Gasteiger charge is -2.26. The predicted molar refractivity (Wildman–Crippen MR) is 88.7 cm³/mol. The third kappa shape index (κ3) is 3.12. The van der Waals surface area contributed by atoms with Crippen molar-refractivity contribution < 1.29 is 14.3 Å². The molecule has 0 atom stereocenters. The molecule has 0 saturated carbocycles. The summed E-state index contributed by atoms with van der Waals surface area (Å²) in [5.74, 6) is 0.804. The molecule has 24 heavy (non-hydrogen) atoms. The van der Waals surface area contributed by atoms with Crippen molar-refractivity contribution in [3.8, 4) is 11.4 Å². The van der Waals surface area contributed by atoms with Gasteiger partial charge in [0.2, 0.25) is 0 Å². The summed E-state index contributed by atoms with van der Waals surface area (Å²) in [6.45, 7) is 6.38. The van der Waals surface area contributed by atoms with Crippen LogP contribution < -0.4 is 4.74 Å². The molecular formula is C17H22N4O3. The standard InChI is InChI=1S/C17H22N4O3/c1-12(2)16-15(17(22)20-8-10-24-11-9-20)18-19-21(16)13-4-6-14(23-3)7-5-13/h4-7,12H,8-11H2,1-3H3. The van der Waals surface area contributed by atoms with Gasteiger partial charge in [-0.25, -0.2) is 4.68 Å². The summed E-state index contributed by atoms with van der Waals surface area (Å²) in [5.41, 5.74) is 2.09. The Hall–Kier alpha value is -2.41. The van der Waals surface area contributed by atoms with E-state index in [0.717, 1.165) is 17.1 Å². The number of methoxy groups -OCH3 is 1. The molecule has 1 aliphatic heterocycles. The highest BCUT2D eigenvalue weighted by atomic mass is 16.5. The Kier molecular flexibility index (Phi) is 4.80. The fraction of sp³-hybridized carbons (Fsp3) is 0.471. The van der Waals surface area contributed by atoms with Crippen LogP contribution in [0.3, 0.4) is 0 Å². The number of hydrogen-bond acceptors (Lipinski definition) is 5. The smallest absolute Gasteiger partial charge is 0.276 e. The van der Waals surface area contributed by atoms with Crippen molar-refractivity contribution >= 4 is 5.91 Å². The van der Waals surface area contributed by atoms with E-state index in [-0.39, 0.29) is 11.8 Å². The second kappa shape index (κ2) is 7.00. The largest absolute Gasteiger partial charge is 0.497 e. The molecule has 1 aromatic carbocycles. The third-order valence-electron chi connectivity index (χ3n) is 4.07. The molecule has 7 heteroatoms. The fourth-order valence-electron chi connectivity index (χ4n) is 2.79. The van der Waals surface area contributed by atoms with E-state index in [2.05, 4.69) is 10.3 Å². The summed E-state index contributed by atoms with van der Waals surface area (Å²) in [6, 6.07) is 7.54. The van der Waals surface area contributed by atoms with Gasteiger partial charge in [-0.3, -0.25) is 4.79 Å². The monoisotopic (exact) mass is 330 g/mol. The highest BCUT2D eigenvalue weighted by Crippen LogP contribution is 2.24. The Morgan fingerprint density at radius 1 is 1.21 bits per heavy atom. The van der Waals surface area contributed by atoms with Crippen molar-refractivity contribution in [3.05, 3.63) is 35.7 Å². The van der Waals surface area contributed by atoms with Crippen molar-refractivity contribution in [2.24, 2.45) is 0 Å². The van der Waals surface area contributed by atoms with Gasteiger partial charge in [-0.2, -0.15) is 0 Å². The molecule has 128 valence electrons. The second-order valence-electron chi connectivity index (χ2n) is 5.99. The van der Waals surface area contributed by atoms with Crippen LogP contribution in [0.2, 0.25) is 0 Å². The van der Waals surface area contributed by atoms with Crippen molar-refractivity contribution in [3.63, 3.8) is 0 Å². The maximum Gasteiger partial charge on any atom is 0.276 e. The SMILES string of the molecule is COc1ccc(-n2nnc(C(=O)N3CCOCC3)c2C(C)C)cc1.